The predicted octanol–water partition coefficient (Wildman–Crippen LogP) is 2.42. The molecule has 0 bridgehead atoms. The molecule has 24 heavy (non-hydrogen) atoms. The number of nitro groups is 1. The molecule has 0 saturated carbocycles. The fourth-order valence-electron chi connectivity index (χ4n) is 2.46. The van der Waals surface area contributed by atoms with Gasteiger partial charge in [-0.05, 0) is 25.0 Å². The standard InChI is InChI=1S/C17H19N3O4/c1-11(10-15(21)12-6-3-2-4-7-12)19-17(22)16-13(18)8-5-9-14(16)20(23)24/h2-9,11,15,21H,10,18H2,1H3,(H,19,22). The Kier molecular flexibility index (Phi) is 5.49. The molecule has 7 heteroatoms. The lowest BCUT2D eigenvalue weighted by Crippen LogP contribution is -2.34. The third kappa shape index (κ3) is 4.08. The third-order valence-electron chi connectivity index (χ3n) is 3.64. The van der Waals surface area contributed by atoms with E-state index in [2.05, 4.69) is 5.32 Å². The molecule has 2 unspecified atom stereocenters. The van der Waals surface area contributed by atoms with E-state index in [1.54, 1.807) is 19.1 Å². The first-order valence-corrected chi connectivity index (χ1v) is 7.47. The Morgan fingerprint density at radius 3 is 2.54 bits per heavy atom. The van der Waals surface area contributed by atoms with E-state index >= 15 is 0 Å². The maximum atomic E-state index is 12.3. The summed E-state index contributed by atoms with van der Waals surface area (Å²) >= 11 is 0. The summed E-state index contributed by atoms with van der Waals surface area (Å²) in [7, 11) is 0. The van der Waals surface area contributed by atoms with Crippen LogP contribution in [0, 0.1) is 10.1 Å². The summed E-state index contributed by atoms with van der Waals surface area (Å²) in [6.45, 7) is 1.72. The maximum Gasteiger partial charge on any atom is 0.284 e. The maximum absolute atomic E-state index is 12.3. The second kappa shape index (κ2) is 7.56. The molecule has 2 aromatic carbocycles. The van der Waals surface area contributed by atoms with Crippen molar-refractivity contribution in [2.45, 2.75) is 25.5 Å². The SMILES string of the molecule is CC(CC(O)c1ccccc1)NC(=O)c1c(N)cccc1[N+](=O)[O-]. The number of amides is 1. The fraction of sp³-hybridized carbons (Fsp3) is 0.235. The van der Waals surface area contributed by atoms with Gasteiger partial charge in [-0.3, -0.25) is 14.9 Å². The summed E-state index contributed by atoms with van der Waals surface area (Å²) in [5, 5.41) is 23.9. The van der Waals surface area contributed by atoms with E-state index in [1.165, 1.54) is 18.2 Å². The van der Waals surface area contributed by atoms with Crippen LogP contribution in [-0.2, 0) is 0 Å². The number of nitrogens with one attached hydrogen (secondary N) is 1. The van der Waals surface area contributed by atoms with Gasteiger partial charge in [-0.15, -0.1) is 0 Å². The summed E-state index contributed by atoms with van der Waals surface area (Å²) in [6, 6.07) is 12.8. The average molecular weight is 329 g/mol. The molecule has 0 spiro atoms. The van der Waals surface area contributed by atoms with Crippen molar-refractivity contribution in [2.75, 3.05) is 5.73 Å². The quantitative estimate of drug-likeness (QED) is 0.427. The lowest BCUT2D eigenvalue weighted by Gasteiger charge is -2.18. The fourth-order valence-corrected chi connectivity index (χ4v) is 2.46. The largest absolute Gasteiger partial charge is 0.398 e. The van der Waals surface area contributed by atoms with E-state index in [0.717, 1.165) is 5.56 Å². The zero-order valence-electron chi connectivity index (χ0n) is 13.2. The number of hydrogen-bond acceptors (Lipinski definition) is 5. The van der Waals surface area contributed by atoms with Crippen molar-refractivity contribution < 1.29 is 14.8 Å². The van der Waals surface area contributed by atoms with E-state index in [4.69, 9.17) is 5.73 Å². The van der Waals surface area contributed by atoms with Gasteiger partial charge in [0.2, 0.25) is 0 Å². The minimum atomic E-state index is -0.746. The van der Waals surface area contributed by atoms with Crippen LogP contribution in [-0.4, -0.2) is 22.0 Å². The van der Waals surface area contributed by atoms with Crippen molar-refractivity contribution in [1.82, 2.24) is 5.32 Å². The Morgan fingerprint density at radius 2 is 1.92 bits per heavy atom. The number of anilines is 1. The van der Waals surface area contributed by atoms with Crippen molar-refractivity contribution in [2.24, 2.45) is 0 Å². The van der Waals surface area contributed by atoms with E-state index in [9.17, 15) is 20.0 Å². The second-order valence-corrected chi connectivity index (χ2v) is 5.54. The Bertz CT molecular complexity index is 734. The first-order chi connectivity index (χ1) is 11.4. The highest BCUT2D eigenvalue weighted by Crippen LogP contribution is 2.24. The Balaban J connectivity index is 2.08. The van der Waals surface area contributed by atoms with Crippen LogP contribution in [0.15, 0.2) is 48.5 Å². The van der Waals surface area contributed by atoms with Crippen LogP contribution in [0.4, 0.5) is 11.4 Å². The second-order valence-electron chi connectivity index (χ2n) is 5.54. The number of aliphatic hydroxyl groups is 1. The number of nitrogen functional groups attached to an aromatic ring is 1. The highest BCUT2D eigenvalue weighted by Gasteiger charge is 2.24. The molecule has 0 aromatic heterocycles. The molecule has 0 fully saturated rings. The van der Waals surface area contributed by atoms with Gasteiger partial charge in [-0.2, -0.15) is 0 Å². The van der Waals surface area contributed by atoms with E-state index in [1.807, 2.05) is 18.2 Å². The molecule has 7 nitrogen and oxygen atoms in total. The van der Waals surface area contributed by atoms with Gasteiger partial charge in [-0.1, -0.05) is 36.4 Å². The van der Waals surface area contributed by atoms with Crippen LogP contribution in [0.1, 0.15) is 35.4 Å². The number of nitro benzene ring substituents is 1. The first kappa shape index (κ1) is 17.4. The molecule has 1 amide bonds. The highest BCUT2D eigenvalue weighted by molar-refractivity contribution is 6.03. The van der Waals surface area contributed by atoms with Crippen LogP contribution in [0.5, 0.6) is 0 Å². The van der Waals surface area contributed by atoms with Gasteiger partial charge in [-0.25, -0.2) is 0 Å². The molecule has 4 N–H and O–H groups in total. The molecular formula is C17H19N3O4. The number of nitrogens with two attached hydrogens (primary N) is 1. The summed E-state index contributed by atoms with van der Waals surface area (Å²) in [6.07, 6.45) is -0.472. The van der Waals surface area contributed by atoms with Gasteiger partial charge in [0.25, 0.3) is 11.6 Å². The van der Waals surface area contributed by atoms with Gasteiger partial charge >= 0.3 is 0 Å². The van der Waals surface area contributed by atoms with Crippen molar-refractivity contribution in [3.8, 4) is 0 Å². The molecule has 0 radical (unpaired) electrons. The van der Waals surface area contributed by atoms with Crippen LogP contribution >= 0.6 is 0 Å². The Labute approximate surface area is 139 Å². The van der Waals surface area contributed by atoms with Gasteiger partial charge in [0.15, 0.2) is 0 Å². The molecule has 0 aliphatic heterocycles. The zero-order valence-corrected chi connectivity index (χ0v) is 13.2. The van der Waals surface area contributed by atoms with Crippen molar-refractivity contribution >= 4 is 17.3 Å². The van der Waals surface area contributed by atoms with E-state index in [-0.39, 0.29) is 23.4 Å². The normalized spacial score (nSPS) is 13.1. The van der Waals surface area contributed by atoms with Gasteiger partial charge in [0.1, 0.15) is 5.56 Å². The van der Waals surface area contributed by atoms with Crippen LogP contribution in [0.2, 0.25) is 0 Å². The summed E-state index contributed by atoms with van der Waals surface area (Å²) < 4.78 is 0. The Morgan fingerprint density at radius 1 is 1.25 bits per heavy atom. The number of rotatable bonds is 6. The molecular weight excluding hydrogens is 310 g/mol. The predicted molar refractivity (Wildman–Crippen MR) is 90.5 cm³/mol. The van der Waals surface area contributed by atoms with Gasteiger partial charge < -0.3 is 16.2 Å². The molecule has 126 valence electrons. The van der Waals surface area contributed by atoms with Crippen LogP contribution < -0.4 is 11.1 Å². The third-order valence-corrected chi connectivity index (χ3v) is 3.64. The number of carbonyl (C=O) groups excluding carboxylic acids is 1. The number of carbonyl (C=O) groups is 1. The van der Waals surface area contributed by atoms with Crippen molar-refractivity contribution in [1.29, 1.82) is 0 Å². The molecule has 2 atom stereocenters. The Hall–Kier alpha value is -2.93. The van der Waals surface area contributed by atoms with E-state index < -0.39 is 23.0 Å². The van der Waals surface area contributed by atoms with Crippen molar-refractivity contribution in [3.63, 3.8) is 0 Å². The van der Waals surface area contributed by atoms with Gasteiger partial charge in [0.05, 0.1) is 16.7 Å². The molecule has 0 saturated heterocycles. The summed E-state index contributed by atoms with van der Waals surface area (Å²) in [5.41, 5.74) is 5.98. The van der Waals surface area contributed by atoms with Crippen LogP contribution in [0.25, 0.3) is 0 Å². The minimum absolute atomic E-state index is 0.0394. The number of hydrogen-bond donors (Lipinski definition) is 3. The minimum Gasteiger partial charge on any atom is -0.398 e. The molecule has 2 aromatic rings. The van der Waals surface area contributed by atoms with Crippen molar-refractivity contribution in [3.05, 3.63) is 69.8 Å². The van der Waals surface area contributed by atoms with E-state index in [0.29, 0.717) is 0 Å². The first-order valence-electron chi connectivity index (χ1n) is 7.47. The number of benzene rings is 2. The topological polar surface area (TPSA) is 118 Å². The monoisotopic (exact) mass is 329 g/mol. The van der Waals surface area contributed by atoms with Crippen LogP contribution in [0.3, 0.4) is 0 Å². The summed E-state index contributed by atoms with van der Waals surface area (Å²) in [5.74, 6) is -0.632. The van der Waals surface area contributed by atoms with Gasteiger partial charge in [0, 0.05) is 12.1 Å². The molecule has 0 aliphatic rings. The molecule has 0 heterocycles. The summed E-state index contributed by atoms with van der Waals surface area (Å²) in [4.78, 5) is 22.8. The molecule has 0 aliphatic carbocycles. The highest BCUT2D eigenvalue weighted by atomic mass is 16.6. The molecule has 2 rings (SSSR count). The zero-order chi connectivity index (χ0) is 17.7. The smallest absolute Gasteiger partial charge is 0.284 e. The average Bonchev–Trinajstić information content (AvgIpc) is 2.54. The lowest BCUT2D eigenvalue weighted by atomic mass is 10.0. The number of aliphatic hydroxyl groups excluding tert-OH is 1. The lowest BCUT2D eigenvalue weighted by molar-refractivity contribution is -0.385. The number of nitrogens with zero attached hydrogens (tertiary/aromatic N) is 1.